The lowest BCUT2D eigenvalue weighted by molar-refractivity contribution is 1.06. The summed E-state index contributed by atoms with van der Waals surface area (Å²) in [6.45, 7) is 0. The van der Waals surface area contributed by atoms with Crippen molar-refractivity contribution in [2.24, 2.45) is 0 Å². The first-order valence-corrected chi connectivity index (χ1v) is 19.9. The molecule has 0 aliphatic heterocycles. The molecule has 0 unspecified atom stereocenters. The molecule has 2 aromatic heterocycles. The van der Waals surface area contributed by atoms with Gasteiger partial charge in [0.05, 0.1) is 16.7 Å². The summed E-state index contributed by atoms with van der Waals surface area (Å²) < 4.78 is 2.37. The Morgan fingerprint density at radius 3 is 1.32 bits per heavy atom. The molecule has 11 aromatic rings. The molecule has 0 fully saturated rings. The molecular weight excluding hydrogens is 717 g/mol. The second kappa shape index (κ2) is 14.5. The zero-order valence-corrected chi connectivity index (χ0v) is 32.1. The molecule has 9 aromatic carbocycles. The van der Waals surface area contributed by atoms with Crippen LogP contribution in [0.3, 0.4) is 0 Å². The Labute approximate surface area is 342 Å². The van der Waals surface area contributed by atoms with Crippen LogP contribution in [0.5, 0.6) is 0 Å². The molecule has 0 saturated carbocycles. The molecule has 0 N–H and O–H groups in total. The van der Waals surface area contributed by atoms with Gasteiger partial charge in [0.1, 0.15) is 0 Å². The molecule has 0 saturated heterocycles. The van der Waals surface area contributed by atoms with Gasteiger partial charge in [0.2, 0.25) is 0 Å². The number of hydrogen-bond acceptors (Lipinski definition) is 3. The Kier molecular flexibility index (Phi) is 8.45. The highest BCUT2D eigenvalue weighted by atomic mass is 15.1. The third-order valence-electron chi connectivity index (χ3n) is 11.2. The molecule has 2 heterocycles. The second-order valence-electron chi connectivity index (χ2n) is 14.9. The van der Waals surface area contributed by atoms with Gasteiger partial charge in [-0.2, -0.15) is 0 Å². The van der Waals surface area contributed by atoms with Crippen LogP contribution < -0.4 is 0 Å². The first kappa shape index (κ1) is 34.3. The van der Waals surface area contributed by atoms with Crippen LogP contribution in [-0.2, 0) is 0 Å². The minimum Gasteiger partial charge on any atom is -0.308 e. The van der Waals surface area contributed by atoms with E-state index in [1.807, 2.05) is 18.2 Å². The topological polar surface area (TPSA) is 43.6 Å². The highest BCUT2D eigenvalue weighted by molar-refractivity contribution is 6.09. The van der Waals surface area contributed by atoms with Crippen molar-refractivity contribution in [3.8, 4) is 73.2 Å². The Hall–Kier alpha value is -7.95. The van der Waals surface area contributed by atoms with Gasteiger partial charge in [-0.15, -0.1) is 0 Å². The number of nitrogens with zero attached hydrogens (tertiary/aromatic N) is 4. The lowest BCUT2D eigenvalue weighted by atomic mass is 9.97. The summed E-state index contributed by atoms with van der Waals surface area (Å²) >= 11 is 0. The maximum atomic E-state index is 5.32. The quantitative estimate of drug-likeness (QED) is 0.163. The Bertz CT molecular complexity index is 3260. The standard InChI is InChI=1S/C55H36N4/c1-4-15-37(16-5-1)40-21-14-22-41(33-40)45-31-32-49(52(36-45)59-50-25-12-10-23-47(50)48-24-11-13-26-51(48)59)55-57-53(39-19-8-3-9-20-39)56-54(58-55)46-30-29-43-34-42(27-28-44(43)35-46)38-17-6-2-7-18-38/h1-36H. The van der Waals surface area contributed by atoms with Crippen molar-refractivity contribution < 1.29 is 0 Å². The summed E-state index contributed by atoms with van der Waals surface area (Å²) in [5.41, 5.74) is 13.0. The minimum absolute atomic E-state index is 0.606. The number of rotatable bonds is 7. The summed E-state index contributed by atoms with van der Waals surface area (Å²) in [7, 11) is 0. The third kappa shape index (κ3) is 6.34. The molecule has 0 amide bonds. The summed E-state index contributed by atoms with van der Waals surface area (Å²) in [6.07, 6.45) is 0. The van der Waals surface area contributed by atoms with E-state index >= 15 is 0 Å². The van der Waals surface area contributed by atoms with Crippen LogP contribution in [0, 0.1) is 0 Å². The van der Waals surface area contributed by atoms with Gasteiger partial charge in [-0.3, -0.25) is 0 Å². The SMILES string of the molecule is c1ccc(-c2cccc(-c3ccc(-c4nc(-c5ccccc5)nc(-c5ccc6cc(-c7ccccc7)ccc6c5)n4)c(-n4c5ccccc5c5ccccc54)c3)c2)cc1. The Balaban J connectivity index is 1.13. The van der Waals surface area contributed by atoms with Crippen LogP contribution in [0.4, 0.5) is 0 Å². The summed E-state index contributed by atoms with van der Waals surface area (Å²) in [5, 5.41) is 4.67. The lowest BCUT2D eigenvalue weighted by Gasteiger charge is -2.17. The molecule has 59 heavy (non-hydrogen) atoms. The maximum absolute atomic E-state index is 5.32. The van der Waals surface area contributed by atoms with Crippen LogP contribution in [0.1, 0.15) is 0 Å². The monoisotopic (exact) mass is 752 g/mol. The Morgan fingerprint density at radius 2 is 0.695 bits per heavy atom. The van der Waals surface area contributed by atoms with Crippen molar-refractivity contribution in [3.63, 3.8) is 0 Å². The fraction of sp³-hybridized carbons (Fsp3) is 0. The fourth-order valence-corrected chi connectivity index (χ4v) is 8.31. The van der Waals surface area contributed by atoms with Crippen LogP contribution >= 0.6 is 0 Å². The zero-order chi connectivity index (χ0) is 39.1. The van der Waals surface area contributed by atoms with Crippen LogP contribution in [0.25, 0.3) is 106 Å². The second-order valence-corrected chi connectivity index (χ2v) is 14.9. The van der Waals surface area contributed by atoms with E-state index in [9.17, 15) is 0 Å². The molecular formula is C55H36N4. The van der Waals surface area contributed by atoms with Crippen molar-refractivity contribution in [2.75, 3.05) is 0 Å². The van der Waals surface area contributed by atoms with Crippen molar-refractivity contribution in [1.82, 2.24) is 19.5 Å². The van der Waals surface area contributed by atoms with Gasteiger partial charge in [-0.25, -0.2) is 15.0 Å². The van der Waals surface area contributed by atoms with E-state index in [1.54, 1.807) is 0 Å². The first-order valence-electron chi connectivity index (χ1n) is 19.9. The summed E-state index contributed by atoms with van der Waals surface area (Å²) in [5.74, 6) is 1.85. The predicted octanol–water partition coefficient (Wildman–Crippen LogP) is 14.1. The van der Waals surface area contributed by atoms with Gasteiger partial charge >= 0.3 is 0 Å². The van der Waals surface area contributed by atoms with Crippen molar-refractivity contribution in [1.29, 1.82) is 0 Å². The van der Waals surface area contributed by atoms with E-state index < -0.39 is 0 Å². The van der Waals surface area contributed by atoms with E-state index in [-0.39, 0.29) is 0 Å². The van der Waals surface area contributed by atoms with Gasteiger partial charge in [0, 0.05) is 27.5 Å². The average Bonchev–Trinajstić information content (AvgIpc) is 3.66. The first-order chi connectivity index (χ1) is 29.2. The number of aromatic nitrogens is 4. The molecule has 0 aliphatic rings. The summed E-state index contributed by atoms with van der Waals surface area (Å²) in [6, 6.07) is 77.1. The van der Waals surface area contributed by atoms with Gasteiger partial charge in [0.15, 0.2) is 17.5 Å². The van der Waals surface area contributed by atoms with Crippen molar-refractivity contribution >= 4 is 32.6 Å². The maximum Gasteiger partial charge on any atom is 0.166 e. The molecule has 11 rings (SSSR count). The summed E-state index contributed by atoms with van der Waals surface area (Å²) in [4.78, 5) is 15.7. The van der Waals surface area contributed by atoms with E-state index in [0.29, 0.717) is 17.5 Å². The highest BCUT2D eigenvalue weighted by Crippen LogP contribution is 2.39. The number of hydrogen-bond donors (Lipinski definition) is 0. The predicted molar refractivity (Wildman–Crippen MR) is 244 cm³/mol. The molecule has 0 radical (unpaired) electrons. The molecule has 0 aliphatic carbocycles. The largest absolute Gasteiger partial charge is 0.308 e. The number of para-hydroxylation sites is 2. The number of benzene rings is 9. The van der Waals surface area contributed by atoms with Gasteiger partial charge in [-0.1, -0.05) is 176 Å². The van der Waals surface area contributed by atoms with Crippen LogP contribution in [0.2, 0.25) is 0 Å². The van der Waals surface area contributed by atoms with Crippen molar-refractivity contribution in [3.05, 3.63) is 218 Å². The van der Waals surface area contributed by atoms with E-state index in [1.165, 1.54) is 33.0 Å². The Morgan fingerprint density at radius 1 is 0.271 bits per heavy atom. The van der Waals surface area contributed by atoms with E-state index in [4.69, 9.17) is 15.0 Å². The minimum atomic E-state index is 0.606. The van der Waals surface area contributed by atoms with Gasteiger partial charge in [0.25, 0.3) is 0 Å². The third-order valence-corrected chi connectivity index (χ3v) is 11.2. The normalized spacial score (nSPS) is 11.4. The molecule has 0 atom stereocenters. The zero-order valence-electron chi connectivity index (χ0n) is 32.1. The highest BCUT2D eigenvalue weighted by Gasteiger charge is 2.20. The van der Waals surface area contributed by atoms with Crippen LogP contribution in [0.15, 0.2) is 218 Å². The molecule has 0 spiro atoms. The molecule has 276 valence electrons. The van der Waals surface area contributed by atoms with Crippen LogP contribution in [-0.4, -0.2) is 19.5 Å². The number of fused-ring (bicyclic) bond motifs is 4. The van der Waals surface area contributed by atoms with Gasteiger partial charge in [-0.05, 0) is 86.6 Å². The average molecular weight is 753 g/mol. The van der Waals surface area contributed by atoms with E-state index in [0.717, 1.165) is 55.3 Å². The molecule has 4 heteroatoms. The molecule has 4 nitrogen and oxygen atoms in total. The fourth-order valence-electron chi connectivity index (χ4n) is 8.31. The molecule has 0 bridgehead atoms. The lowest BCUT2D eigenvalue weighted by Crippen LogP contribution is -2.04. The smallest absolute Gasteiger partial charge is 0.166 e. The van der Waals surface area contributed by atoms with Gasteiger partial charge < -0.3 is 4.57 Å². The van der Waals surface area contributed by atoms with E-state index in [2.05, 4.69) is 205 Å². The van der Waals surface area contributed by atoms with Crippen molar-refractivity contribution in [2.45, 2.75) is 0 Å².